The third-order valence-corrected chi connectivity index (χ3v) is 4.18. The number of aryl methyl sites for hydroxylation is 1. The fourth-order valence-corrected chi connectivity index (χ4v) is 3.06. The van der Waals surface area contributed by atoms with Gasteiger partial charge in [0.2, 0.25) is 0 Å². The second-order valence-corrected chi connectivity index (χ2v) is 5.60. The van der Waals surface area contributed by atoms with Crippen LogP contribution in [0.1, 0.15) is 12.5 Å². The Morgan fingerprint density at radius 1 is 0.958 bits per heavy atom. The van der Waals surface area contributed by atoms with Gasteiger partial charge in [-0.25, -0.2) is 4.79 Å². The SMILES string of the molecule is CCc1cc2c(-c3ccccc3)cc(=O)oc2c2c(=O)ccoc12. The molecule has 0 radical (unpaired) electrons. The van der Waals surface area contributed by atoms with Gasteiger partial charge in [-0.05, 0) is 29.2 Å². The standard InChI is InChI=1S/C20H14O4/c1-2-12-10-15-14(13-6-4-3-5-7-13)11-17(22)24-20(15)18-16(21)8-9-23-19(12)18/h3-11H,2H2,1H3. The summed E-state index contributed by atoms with van der Waals surface area (Å²) in [6, 6.07) is 14.3. The highest BCUT2D eigenvalue weighted by atomic mass is 16.4. The fourth-order valence-electron chi connectivity index (χ4n) is 3.06. The number of benzene rings is 2. The van der Waals surface area contributed by atoms with Crippen LogP contribution in [0.2, 0.25) is 0 Å². The smallest absolute Gasteiger partial charge is 0.336 e. The van der Waals surface area contributed by atoms with E-state index in [2.05, 4.69) is 0 Å². The van der Waals surface area contributed by atoms with Gasteiger partial charge in [-0.2, -0.15) is 0 Å². The minimum Gasteiger partial charge on any atom is -0.464 e. The highest BCUT2D eigenvalue weighted by Crippen LogP contribution is 2.32. The lowest BCUT2D eigenvalue weighted by Gasteiger charge is -2.10. The van der Waals surface area contributed by atoms with Crippen molar-refractivity contribution in [1.29, 1.82) is 0 Å². The van der Waals surface area contributed by atoms with Gasteiger partial charge < -0.3 is 8.83 Å². The van der Waals surface area contributed by atoms with Crippen LogP contribution in [0, 0.1) is 0 Å². The highest BCUT2D eigenvalue weighted by molar-refractivity contribution is 6.08. The second kappa shape index (κ2) is 5.49. The van der Waals surface area contributed by atoms with E-state index in [4.69, 9.17) is 8.83 Å². The van der Waals surface area contributed by atoms with Crippen LogP contribution in [0.5, 0.6) is 0 Å². The molecule has 4 heteroatoms. The zero-order chi connectivity index (χ0) is 16.7. The summed E-state index contributed by atoms with van der Waals surface area (Å²) in [5, 5.41) is 1.06. The molecule has 0 saturated heterocycles. The second-order valence-electron chi connectivity index (χ2n) is 5.60. The van der Waals surface area contributed by atoms with E-state index in [9.17, 15) is 9.59 Å². The maximum absolute atomic E-state index is 12.4. The van der Waals surface area contributed by atoms with E-state index in [-0.39, 0.29) is 11.0 Å². The molecule has 0 N–H and O–H groups in total. The van der Waals surface area contributed by atoms with E-state index >= 15 is 0 Å². The molecule has 0 spiro atoms. The minimum absolute atomic E-state index is 0.218. The van der Waals surface area contributed by atoms with Crippen LogP contribution in [-0.4, -0.2) is 0 Å². The summed E-state index contributed by atoms with van der Waals surface area (Å²) in [6.45, 7) is 1.99. The Bertz CT molecular complexity index is 1170. The van der Waals surface area contributed by atoms with Crippen molar-refractivity contribution in [2.45, 2.75) is 13.3 Å². The summed E-state index contributed by atoms with van der Waals surface area (Å²) in [7, 11) is 0. The van der Waals surface area contributed by atoms with Crippen LogP contribution in [0.3, 0.4) is 0 Å². The van der Waals surface area contributed by atoms with Crippen LogP contribution in [-0.2, 0) is 6.42 Å². The van der Waals surface area contributed by atoms with Crippen LogP contribution >= 0.6 is 0 Å². The first-order valence-electron chi connectivity index (χ1n) is 7.75. The number of hydrogen-bond donors (Lipinski definition) is 0. The van der Waals surface area contributed by atoms with Crippen molar-refractivity contribution in [2.24, 2.45) is 0 Å². The Balaban J connectivity index is 2.27. The molecule has 24 heavy (non-hydrogen) atoms. The normalized spacial score (nSPS) is 11.2. The van der Waals surface area contributed by atoms with Crippen LogP contribution < -0.4 is 11.1 Å². The van der Waals surface area contributed by atoms with E-state index in [0.29, 0.717) is 17.4 Å². The van der Waals surface area contributed by atoms with Gasteiger partial charge in [0, 0.05) is 17.5 Å². The van der Waals surface area contributed by atoms with Gasteiger partial charge in [0.05, 0.1) is 6.26 Å². The third-order valence-electron chi connectivity index (χ3n) is 4.18. The monoisotopic (exact) mass is 318 g/mol. The molecule has 0 aliphatic carbocycles. The summed E-state index contributed by atoms with van der Waals surface area (Å²) in [5.74, 6) is 0. The van der Waals surface area contributed by atoms with Crippen LogP contribution in [0.4, 0.5) is 0 Å². The first-order chi connectivity index (χ1) is 11.7. The zero-order valence-electron chi connectivity index (χ0n) is 13.0. The number of fused-ring (bicyclic) bond motifs is 3. The average molecular weight is 318 g/mol. The highest BCUT2D eigenvalue weighted by Gasteiger charge is 2.16. The molecule has 4 rings (SSSR count). The van der Waals surface area contributed by atoms with E-state index in [1.807, 2.05) is 43.3 Å². The topological polar surface area (TPSA) is 60.4 Å². The van der Waals surface area contributed by atoms with Crippen molar-refractivity contribution in [2.75, 3.05) is 0 Å². The van der Waals surface area contributed by atoms with Crippen molar-refractivity contribution in [3.8, 4) is 11.1 Å². The maximum atomic E-state index is 12.4. The molecular weight excluding hydrogens is 304 g/mol. The Hall–Kier alpha value is -3.14. The molecule has 2 aromatic carbocycles. The van der Waals surface area contributed by atoms with Crippen LogP contribution in [0.25, 0.3) is 33.1 Å². The molecule has 0 unspecified atom stereocenters. The van der Waals surface area contributed by atoms with Crippen molar-refractivity contribution in [3.05, 3.63) is 81.0 Å². The largest absolute Gasteiger partial charge is 0.464 e. The summed E-state index contributed by atoms with van der Waals surface area (Å²) in [4.78, 5) is 24.5. The van der Waals surface area contributed by atoms with Gasteiger partial charge in [-0.15, -0.1) is 0 Å². The summed E-state index contributed by atoms with van der Waals surface area (Å²) in [6.07, 6.45) is 2.07. The van der Waals surface area contributed by atoms with E-state index in [0.717, 1.165) is 22.1 Å². The predicted octanol–water partition coefficient (Wildman–Crippen LogP) is 4.13. The minimum atomic E-state index is -0.491. The molecule has 0 amide bonds. The third kappa shape index (κ3) is 2.15. The average Bonchev–Trinajstić information content (AvgIpc) is 2.61. The molecule has 118 valence electrons. The molecule has 0 fully saturated rings. The van der Waals surface area contributed by atoms with E-state index in [1.54, 1.807) is 0 Å². The maximum Gasteiger partial charge on any atom is 0.336 e. The molecule has 0 bridgehead atoms. The summed E-state index contributed by atoms with van der Waals surface area (Å²) in [5.41, 5.74) is 2.61. The zero-order valence-corrected chi connectivity index (χ0v) is 13.0. The molecular formula is C20H14O4. The summed E-state index contributed by atoms with van der Waals surface area (Å²) < 4.78 is 10.9. The van der Waals surface area contributed by atoms with Gasteiger partial charge >= 0.3 is 5.63 Å². The Kier molecular flexibility index (Phi) is 3.31. The molecule has 2 heterocycles. The summed E-state index contributed by atoms with van der Waals surface area (Å²) >= 11 is 0. The van der Waals surface area contributed by atoms with E-state index in [1.165, 1.54) is 18.4 Å². The molecule has 0 atom stereocenters. The molecule has 0 aliphatic heterocycles. The van der Waals surface area contributed by atoms with Gasteiger partial charge in [-0.1, -0.05) is 37.3 Å². The quantitative estimate of drug-likeness (QED) is 0.412. The lowest BCUT2D eigenvalue weighted by molar-refractivity contribution is 0.561. The van der Waals surface area contributed by atoms with Gasteiger partial charge in [0.1, 0.15) is 11.0 Å². The Morgan fingerprint density at radius 3 is 2.50 bits per heavy atom. The van der Waals surface area contributed by atoms with Crippen molar-refractivity contribution >= 4 is 21.9 Å². The molecule has 4 aromatic rings. The fraction of sp³-hybridized carbons (Fsp3) is 0.100. The van der Waals surface area contributed by atoms with Gasteiger partial charge in [0.25, 0.3) is 0 Å². The Labute approximate surface area is 137 Å². The van der Waals surface area contributed by atoms with Gasteiger partial charge in [0.15, 0.2) is 11.0 Å². The number of hydrogen-bond acceptors (Lipinski definition) is 4. The molecule has 0 saturated carbocycles. The lowest BCUT2D eigenvalue weighted by atomic mass is 9.97. The molecule has 2 aromatic heterocycles. The van der Waals surface area contributed by atoms with Crippen molar-refractivity contribution in [3.63, 3.8) is 0 Å². The lowest BCUT2D eigenvalue weighted by Crippen LogP contribution is -2.05. The first kappa shape index (κ1) is 14.5. The predicted molar refractivity (Wildman–Crippen MR) is 93.3 cm³/mol. The first-order valence-corrected chi connectivity index (χ1v) is 7.75. The van der Waals surface area contributed by atoms with Gasteiger partial charge in [-0.3, -0.25) is 4.79 Å². The number of rotatable bonds is 2. The van der Waals surface area contributed by atoms with E-state index < -0.39 is 5.63 Å². The van der Waals surface area contributed by atoms with Crippen molar-refractivity contribution in [1.82, 2.24) is 0 Å². The molecule has 0 aliphatic rings. The molecule has 4 nitrogen and oxygen atoms in total. The Morgan fingerprint density at radius 2 is 1.75 bits per heavy atom. The van der Waals surface area contributed by atoms with Crippen molar-refractivity contribution < 1.29 is 8.83 Å². The van der Waals surface area contributed by atoms with Crippen LogP contribution in [0.15, 0.2) is 73.2 Å².